The second-order valence-corrected chi connectivity index (χ2v) is 8.03. The van der Waals surface area contributed by atoms with Crippen molar-refractivity contribution in [2.45, 2.75) is 0 Å². The third kappa shape index (κ3) is 5.41. The number of esters is 1. The second kappa shape index (κ2) is 10.6. The smallest absolute Gasteiger partial charge is 0.338 e. The number of hydrogen-bond donors (Lipinski definition) is 1. The van der Waals surface area contributed by atoms with Crippen molar-refractivity contribution >= 4 is 28.3 Å². The number of nitrogens with one attached hydrogen (secondary N) is 1. The van der Waals surface area contributed by atoms with Crippen LogP contribution in [-0.4, -0.2) is 37.7 Å². The van der Waals surface area contributed by atoms with Crippen molar-refractivity contribution in [3.8, 4) is 33.9 Å². The van der Waals surface area contributed by atoms with E-state index in [1.807, 2.05) is 60.0 Å². The van der Waals surface area contributed by atoms with Crippen molar-refractivity contribution < 1.29 is 23.8 Å². The van der Waals surface area contributed by atoms with Gasteiger partial charge < -0.3 is 14.2 Å². The minimum absolute atomic E-state index is 0.373. The number of ether oxygens (including phenoxy) is 3. The molecule has 4 rings (SSSR count). The predicted molar refractivity (Wildman–Crippen MR) is 131 cm³/mol. The summed E-state index contributed by atoms with van der Waals surface area (Å²) in [4.78, 5) is 29.0. The highest BCUT2D eigenvalue weighted by Gasteiger charge is 2.14. The Labute approximate surface area is 201 Å². The van der Waals surface area contributed by atoms with Gasteiger partial charge in [0.1, 0.15) is 0 Å². The monoisotopic (exact) mass is 474 g/mol. The summed E-state index contributed by atoms with van der Waals surface area (Å²) in [5, 5.41) is 4.87. The molecule has 0 spiro atoms. The Balaban J connectivity index is 1.32. The molecule has 3 aromatic carbocycles. The number of aromatic nitrogens is 1. The maximum absolute atomic E-state index is 12.3. The summed E-state index contributed by atoms with van der Waals surface area (Å²) in [7, 11) is 3.13. The van der Waals surface area contributed by atoms with Gasteiger partial charge in [-0.3, -0.25) is 10.1 Å². The quantitative estimate of drug-likeness (QED) is 0.349. The molecule has 0 aliphatic rings. The number of benzene rings is 3. The number of amides is 1. The maximum Gasteiger partial charge on any atom is 0.338 e. The first kappa shape index (κ1) is 23.0. The maximum atomic E-state index is 12.3. The van der Waals surface area contributed by atoms with Crippen LogP contribution < -0.4 is 14.8 Å². The van der Waals surface area contributed by atoms with Crippen molar-refractivity contribution in [1.29, 1.82) is 0 Å². The molecule has 0 aliphatic heterocycles. The molecule has 1 heterocycles. The van der Waals surface area contributed by atoms with Crippen LogP contribution in [0.1, 0.15) is 10.4 Å². The molecule has 4 aromatic rings. The summed E-state index contributed by atoms with van der Waals surface area (Å²) in [6.45, 7) is -0.412. The Kier molecular flexibility index (Phi) is 7.19. The zero-order valence-electron chi connectivity index (χ0n) is 18.6. The van der Waals surface area contributed by atoms with E-state index >= 15 is 0 Å². The van der Waals surface area contributed by atoms with Gasteiger partial charge in [0.15, 0.2) is 23.2 Å². The van der Waals surface area contributed by atoms with Gasteiger partial charge in [-0.15, -0.1) is 11.3 Å². The topological polar surface area (TPSA) is 86.8 Å². The second-order valence-electron chi connectivity index (χ2n) is 7.18. The molecule has 1 N–H and O–H groups in total. The Morgan fingerprint density at radius 3 is 2.24 bits per heavy atom. The van der Waals surface area contributed by atoms with Gasteiger partial charge in [-0.1, -0.05) is 42.5 Å². The molecular formula is C26H22N2O5S. The minimum Gasteiger partial charge on any atom is -0.493 e. The standard InChI is InChI=1S/C26H22N2O5S/c1-31-22-13-12-20(14-23(22)32-2)21-16-34-26(27-21)28-24(29)15-33-25(30)19-10-8-18(9-11-19)17-6-4-3-5-7-17/h3-14,16H,15H2,1-2H3,(H,27,28,29). The number of nitrogens with zero attached hydrogens (tertiary/aromatic N) is 1. The lowest BCUT2D eigenvalue weighted by atomic mass is 10.0. The van der Waals surface area contributed by atoms with Crippen LogP contribution in [0.2, 0.25) is 0 Å². The molecule has 7 nitrogen and oxygen atoms in total. The Hall–Kier alpha value is -4.17. The summed E-state index contributed by atoms with van der Waals surface area (Å²) >= 11 is 1.27. The van der Waals surface area contributed by atoms with E-state index in [0.29, 0.717) is 27.9 Å². The lowest BCUT2D eigenvalue weighted by Crippen LogP contribution is -2.20. The molecule has 0 atom stereocenters. The van der Waals surface area contributed by atoms with Crippen LogP contribution in [0.4, 0.5) is 5.13 Å². The molecule has 8 heteroatoms. The third-order valence-corrected chi connectivity index (χ3v) is 5.75. The van der Waals surface area contributed by atoms with Crippen LogP contribution >= 0.6 is 11.3 Å². The Morgan fingerprint density at radius 2 is 1.53 bits per heavy atom. The average molecular weight is 475 g/mol. The van der Waals surface area contributed by atoms with Crippen LogP contribution in [0.15, 0.2) is 78.2 Å². The molecule has 172 valence electrons. The number of methoxy groups -OCH3 is 2. The lowest BCUT2D eigenvalue weighted by Gasteiger charge is -2.08. The molecule has 0 fully saturated rings. The number of rotatable bonds is 8. The highest BCUT2D eigenvalue weighted by molar-refractivity contribution is 7.14. The zero-order valence-corrected chi connectivity index (χ0v) is 19.4. The fourth-order valence-corrected chi connectivity index (χ4v) is 3.99. The summed E-state index contributed by atoms with van der Waals surface area (Å²) in [5.74, 6) is 0.163. The average Bonchev–Trinajstić information content (AvgIpc) is 3.35. The number of carbonyl (C=O) groups excluding carboxylic acids is 2. The molecule has 0 unspecified atom stereocenters. The van der Waals surface area contributed by atoms with Crippen LogP contribution in [0.3, 0.4) is 0 Å². The van der Waals surface area contributed by atoms with E-state index in [9.17, 15) is 9.59 Å². The third-order valence-electron chi connectivity index (χ3n) is 4.99. The van der Waals surface area contributed by atoms with Crippen molar-refractivity contribution in [3.05, 3.63) is 83.7 Å². The number of hydrogen-bond acceptors (Lipinski definition) is 7. The van der Waals surface area contributed by atoms with Gasteiger partial charge in [0, 0.05) is 10.9 Å². The first-order valence-corrected chi connectivity index (χ1v) is 11.3. The van der Waals surface area contributed by atoms with Gasteiger partial charge in [0.2, 0.25) is 0 Å². The van der Waals surface area contributed by atoms with Crippen LogP contribution in [0.5, 0.6) is 11.5 Å². The van der Waals surface area contributed by atoms with Crippen LogP contribution in [0.25, 0.3) is 22.4 Å². The summed E-state index contributed by atoms with van der Waals surface area (Å²) in [5.41, 5.74) is 3.91. The van der Waals surface area contributed by atoms with E-state index in [2.05, 4.69) is 10.3 Å². The lowest BCUT2D eigenvalue weighted by molar-refractivity contribution is -0.119. The molecule has 34 heavy (non-hydrogen) atoms. The van der Waals surface area contributed by atoms with Crippen LogP contribution in [0, 0.1) is 0 Å². The zero-order chi connectivity index (χ0) is 23.9. The van der Waals surface area contributed by atoms with Crippen molar-refractivity contribution in [3.63, 3.8) is 0 Å². The number of anilines is 1. The molecule has 0 radical (unpaired) electrons. The summed E-state index contributed by atoms with van der Waals surface area (Å²) in [6.07, 6.45) is 0. The van der Waals surface area contributed by atoms with E-state index < -0.39 is 18.5 Å². The Morgan fingerprint density at radius 1 is 0.853 bits per heavy atom. The fourth-order valence-electron chi connectivity index (χ4n) is 3.26. The van der Waals surface area contributed by atoms with Crippen molar-refractivity contribution in [2.24, 2.45) is 0 Å². The van der Waals surface area contributed by atoms with Crippen molar-refractivity contribution in [1.82, 2.24) is 4.98 Å². The van der Waals surface area contributed by atoms with E-state index in [4.69, 9.17) is 14.2 Å². The highest BCUT2D eigenvalue weighted by Crippen LogP contribution is 2.33. The molecule has 0 bridgehead atoms. The van der Waals surface area contributed by atoms with Gasteiger partial charge >= 0.3 is 5.97 Å². The van der Waals surface area contributed by atoms with E-state index in [1.54, 1.807) is 32.4 Å². The van der Waals surface area contributed by atoms with Gasteiger partial charge in [-0.05, 0) is 41.5 Å². The van der Waals surface area contributed by atoms with Gasteiger partial charge in [-0.2, -0.15) is 0 Å². The van der Waals surface area contributed by atoms with Gasteiger partial charge in [0.05, 0.1) is 25.5 Å². The molecule has 1 amide bonds. The predicted octanol–water partition coefficient (Wildman–Crippen LogP) is 5.29. The normalized spacial score (nSPS) is 10.4. The fraction of sp³-hybridized carbons (Fsp3) is 0.115. The highest BCUT2D eigenvalue weighted by atomic mass is 32.1. The minimum atomic E-state index is -0.570. The SMILES string of the molecule is COc1ccc(-c2csc(NC(=O)COC(=O)c3ccc(-c4ccccc4)cc3)n2)cc1OC. The first-order chi connectivity index (χ1) is 16.6. The van der Waals surface area contributed by atoms with E-state index in [1.165, 1.54) is 11.3 Å². The van der Waals surface area contributed by atoms with Crippen LogP contribution in [-0.2, 0) is 9.53 Å². The molecule has 1 aromatic heterocycles. The molecular weight excluding hydrogens is 452 g/mol. The summed E-state index contributed by atoms with van der Waals surface area (Å²) < 4.78 is 15.7. The van der Waals surface area contributed by atoms with Gasteiger partial charge in [-0.25, -0.2) is 9.78 Å². The van der Waals surface area contributed by atoms with E-state index in [0.717, 1.165) is 16.7 Å². The summed E-state index contributed by atoms with van der Waals surface area (Å²) in [6, 6.07) is 22.3. The molecule has 0 aliphatic carbocycles. The Bertz CT molecular complexity index is 1290. The largest absolute Gasteiger partial charge is 0.493 e. The van der Waals surface area contributed by atoms with Gasteiger partial charge in [0.25, 0.3) is 5.91 Å². The number of thiazole rings is 1. The number of carbonyl (C=O) groups is 2. The molecule has 0 saturated heterocycles. The van der Waals surface area contributed by atoms with Crippen molar-refractivity contribution in [2.75, 3.05) is 26.1 Å². The first-order valence-electron chi connectivity index (χ1n) is 10.4. The van der Waals surface area contributed by atoms with E-state index in [-0.39, 0.29) is 0 Å². The molecule has 0 saturated carbocycles.